The quantitative estimate of drug-likeness (QED) is 0.790. The molecule has 3 heteroatoms. The highest BCUT2D eigenvalue weighted by atomic mass is 16.5. The molecule has 1 aromatic heterocycles. The lowest BCUT2D eigenvalue weighted by atomic mass is 10.0. The fourth-order valence-corrected chi connectivity index (χ4v) is 1.81. The van der Waals surface area contributed by atoms with Crippen LogP contribution in [0.4, 0.5) is 0 Å². The van der Waals surface area contributed by atoms with Gasteiger partial charge in [-0.3, -0.25) is 0 Å². The number of para-hydroxylation sites is 1. The predicted molar refractivity (Wildman–Crippen MR) is 64.8 cm³/mol. The van der Waals surface area contributed by atoms with Crippen molar-refractivity contribution in [3.05, 3.63) is 30.2 Å². The molecule has 1 heterocycles. The van der Waals surface area contributed by atoms with Crippen LogP contribution in [0.15, 0.2) is 24.5 Å². The van der Waals surface area contributed by atoms with E-state index in [2.05, 4.69) is 23.8 Å². The highest BCUT2D eigenvalue weighted by Gasteiger charge is 2.10. The molecule has 0 fully saturated rings. The van der Waals surface area contributed by atoms with Crippen LogP contribution in [0.1, 0.15) is 32.4 Å². The van der Waals surface area contributed by atoms with Gasteiger partial charge in [0.2, 0.25) is 0 Å². The monoisotopic (exact) mass is 216 g/mol. The Morgan fingerprint density at radius 1 is 1.25 bits per heavy atom. The smallest absolute Gasteiger partial charge is 0.145 e. The van der Waals surface area contributed by atoms with Crippen LogP contribution in [0.2, 0.25) is 0 Å². The van der Waals surface area contributed by atoms with Crippen molar-refractivity contribution in [1.29, 1.82) is 0 Å². The van der Waals surface area contributed by atoms with Crippen molar-refractivity contribution in [3.8, 4) is 5.75 Å². The minimum absolute atomic E-state index is 0.391. The molecular weight excluding hydrogens is 200 g/mol. The second kappa shape index (κ2) is 4.47. The Kier molecular flexibility index (Phi) is 3.04. The van der Waals surface area contributed by atoms with Gasteiger partial charge in [0.15, 0.2) is 0 Å². The SMILES string of the molecule is CCOc1cccc2c(C(C)C)ncnc12. The summed E-state index contributed by atoms with van der Waals surface area (Å²) in [5.74, 6) is 1.23. The molecule has 2 rings (SSSR count). The summed E-state index contributed by atoms with van der Waals surface area (Å²) >= 11 is 0. The molecule has 84 valence electrons. The first-order chi connectivity index (χ1) is 7.74. The minimum atomic E-state index is 0.391. The normalized spacial score (nSPS) is 11.0. The molecule has 0 N–H and O–H groups in total. The number of aromatic nitrogens is 2. The molecule has 0 bridgehead atoms. The highest BCUT2D eigenvalue weighted by molar-refractivity contribution is 5.86. The Labute approximate surface area is 95.5 Å². The Morgan fingerprint density at radius 3 is 2.75 bits per heavy atom. The Bertz CT molecular complexity index is 494. The van der Waals surface area contributed by atoms with Gasteiger partial charge in [0, 0.05) is 5.39 Å². The average Bonchev–Trinajstić information content (AvgIpc) is 2.29. The molecule has 0 atom stereocenters. The molecule has 0 spiro atoms. The third-order valence-electron chi connectivity index (χ3n) is 2.51. The van der Waals surface area contributed by atoms with Crippen LogP contribution < -0.4 is 4.74 Å². The Hall–Kier alpha value is -1.64. The van der Waals surface area contributed by atoms with Crippen LogP contribution in [0, 0.1) is 0 Å². The van der Waals surface area contributed by atoms with Crippen molar-refractivity contribution >= 4 is 10.9 Å². The molecule has 0 saturated heterocycles. The maximum atomic E-state index is 5.56. The second-order valence-electron chi connectivity index (χ2n) is 4.00. The lowest BCUT2D eigenvalue weighted by Gasteiger charge is -2.10. The van der Waals surface area contributed by atoms with E-state index in [-0.39, 0.29) is 0 Å². The number of rotatable bonds is 3. The van der Waals surface area contributed by atoms with Crippen molar-refractivity contribution in [1.82, 2.24) is 9.97 Å². The summed E-state index contributed by atoms with van der Waals surface area (Å²) in [6.45, 7) is 6.90. The fraction of sp³-hybridized carbons (Fsp3) is 0.385. The summed E-state index contributed by atoms with van der Waals surface area (Å²) in [5, 5.41) is 1.09. The zero-order valence-electron chi connectivity index (χ0n) is 9.90. The number of fused-ring (bicyclic) bond motifs is 1. The molecule has 1 aromatic carbocycles. The third kappa shape index (κ3) is 1.85. The van der Waals surface area contributed by atoms with Crippen LogP contribution in [0.5, 0.6) is 5.75 Å². The van der Waals surface area contributed by atoms with Crippen LogP contribution in [-0.4, -0.2) is 16.6 Å². The maximum Gasteiger partial charge on any atom is 0.145 e. The van der Waals surface area contributed by atoms with E-state index in [1.54, 1.807) is 6.33 Å². The number of hydrogen-bond acceptors (Lipinski definition) is 3. The first-order valence-electron chi connectivity index (χ1n) is 5.60. The Balaban J connectivity index is 2.66. The first kappa shape index (κ1) is 10.9. The molecule has 16 heavy (non-hydrogen) atoms. The summed E-state index contributed by atoms with van der Waals surface area (Å²) in [6, 6.07) is 5.98. The number of nitrogens with zero attached hydrogens (tertiary/aromatic N) is 2. The van der Waals surface area contributed by atoms with Crippen molar-refractivity contribution in [3.63, 3.8) is 0 Å². The second-order valence-corrected chi connectivity index (χ2v) is 4.00. The molecule has 0 amide bonds. The van der Waals surface area contributed by atoms with Gasteiger partial charge < -0.3 is 4.74 Å². The largest absolute Gasteiger partial charge is 0.492 e. The standard InChI is InChI=1S/C13H16N2O/c1-4-16-11-7-5-6-10-12(9(2)3)14-8-15-13(10)11/h5-9H,4H2,1-3H3. The first-order valence-corrected chi connectivity index (χ1v) is 5.60. The van der Waals surface area contributed by atoms with Gasteiger partial charge in [0.25, 0.3) is 0 Å². The van der Waals surface area contributed by atoms with Gasteiger partial charge in [-0.25, -0.2) is 9.97 Å². The molecule has 0 aliphatic carbocycles. The summed E-state index contributed by atoms with van der Waals surface area (Å²) in [7, 11) is 0. The summed E-state index contributed by atoms with van der Waals surface area (Å²) in [5.41, 5.74) is 1.98. The van der Waals surface area contributed by atoms with Crippen molar-refractivity contribution in [2.75, 3.05) is 6.61 Å². The summed E-state index contributed by atoms with van der Waals surface area (Å²) in [6.07, 6.45) is 1.61. The van der Waals surface area contributed by atoms with E-state index in [0.29, 0.717) is 12.5 Å². The van der Waals surface area contributed by atoms with Gasteiger partial charge in [-0.15, -0.1) is 0 Å². The molecule has 0 aliphatic rings. The van der Waals surface area contributed by atoms with E-state index < -0.39 is 0 Å². The lowest BCUT2D eigenvalue weighted by molar-refractivity contribution is 0.343. The molecular formula is C13H16N2O. The molecule has 3 nitrogen and oxygen atoms in total. The van der Waals surface area contributed by atoms with Gasteiger partial charge in [-0.05, 0) is 18.9 Å². The van der Waals surface area contributed by atoms with Crippen LogP contribution >= 0.6 is 0 Å². The molecule has 0 radical (unpaired) electrons. The van der Waals surface area contributed by atoms with E-state index in [4.69, 9.17) is 4.74 Å². The molecule has 2 aromatic rings. The van der Waals surface area contributed by atoms with Gasteiger partial charge in [0.1, 0.15) is 17.6 Å². The molecule has 0 aliphatic heterocycles. The Morgan fingerprint density at radius 2 is 2.06 bits per heavy atom. The highest BCUT2D eigenvalue weighted by Crippen LogP contribution is 2.28. The maximum absolute atomic E-state index is 5.56. The van der Waals surface area contributed by atoms with Crippen molar-refractivity contribution < 1.29 is 4.74 Å². The van der Waals surface area contributed by atoms with Gasteiger partial charge in [-0.1, -0.05) is 26.0 Å². The minimum Gasteiger partial charge on any atom is -0.492 e. The van der Waals surface area contributed by atoms with Crippen LogP contribution in [-0.2, 0) is 0 Å². The van der Waals surface area contributed by atoms with E-state index in [1.165, 1.54) is 0 Å². The lowest BCUT2D eigenvalue weighted by Crippen LogP contribution is -1.98. The fourth-order valence-electron chi connectivity index (χ4n) is 1.81. The van der Waals surface area contributed by atoms with E-state index in [1.807, 2.05) is 25.1 Å². The van der Waals surface area contributed by atoms with E-state index >= 15 is 0 Å². The van der Waals surface area contributed by atoms with Crippen LogP contribution in [0.3, 0.4) is 0 Å². The van der Waals surface area contributed by atoms with Crippen molar-refractivity contribution in [2.24, 2.45) is 0 Å². The molecule has 0 unspecified atom stereocenters. The van der Waals surface area contributed by atoms with Crippen molar-refractivity contribution in [2.45, 2.75) is 26.7 Å². The third-order valence-corrected chi connectivity index (χ3v) is 2.51. The topological polar surface area (TPSA) is 35.0 Å². The summed E-state index contributed by atoms with van der Waals surface area (Å²) in [4.78, 5) is 8.65. The zero-order chi connectivity index (χ0) is 11.5. The number of ether oxygens (including phenoxy) is 1. The van der Waals surface area contributed by atoms with E-state index in [0.717, 1.165) is 22.3 Å². The van der Waals surface area contributed by atoms with Crippen LogP contribution in [0.25, 0.3) is 10.9 Å². The number of benzene rings is 1. The van der Waals surface area contributed by atoms with Gasteiger partial charge in [-0.2, -0.15) is 0 Å². The summed E-state index contributed by atoms with van der Waals surface area (Å²) < 4.78 is 5.56. The average molecular weight is 216 g/mol. The van der Waals surface area contributed by atoms with Gasteiger partial charge >= 0.3 is 0 Å². The van der Waals surface area contributed by atoms with Gasteiger partial charge in [0.05, 0.1) is 12.3 Å². The predicted octanol–water partition coefficient (Wildman–Crippen LogP) is 3.15. The number of hydrogen-bond donors (Lipinski definition) is 0. The molecule has 0 saturated carbocycles. The zero-order valence-corrected chi connectivity index (χ0v) is 9.90. The van der Waals surface area contributed by atoms with E-state index in [9.17, 15) is 0 Å².